The minimum absolute atomic E-state index is 0.0444. The lowest BCUT2D eigenvalue weighted by Crippen LogP contribution is -2.27. The number of nitrogens with one attached hydrogen (secondary N) is 1. The van der Waals surface area contributed by atoms with E-state index in [9.17, 15) is 9.90 Å². The summed E-state index contributed by atoms with van der Waals surface area (Å²) in [7, 11) is 0. The zero-order valence-corrected chi connectivity index (χ0v) is 11.1. The number of phenolic OH excluding ortho intramolecular Hbond substituents is 1. The molecule has 0 aliphatic carbocycles. The molecule has 100 valence electrons. The minimum Gasteiger partial charge on any atom is -0.506 e. The van der Waals surface area contributed by atoms with Crippen LogP contribution in [0.3, 0.4) is 0 Å². The van der Waals surface area contributed by atoms with Crippen molar-refractivity contribution in [2.24, 2.45) is 0 Å². The van der Waals surface area contributed by atoms with Crippen molar-refractivity contribution < 1.29 is 14.6 Å². The molecule has 0 aliphatic rings. The van der Waals surface area contributed by atoms with Crippen molar-refractivity contribution in [1.82, 2.24) is 4.98 Å². The fraction of sp³-hybridized carbons (Fsp3) is 0.286. The van der Waals surface area contributed by atoms with Gasteiger partial charge in [0.2, 0.25) is 0 Å². The van der Waals surface area contributed by atoms with Gasteiger partial charge in [-0.15, -0.1) is 0 Å². The molecule has 2 aromatic rings. The first-order valence-corrected chi connectivity index (χ1v) is 5.93. The Hall–Kier alpha value is -2.30. The highest BCUT2D eigenvalue weighted by atomic mass is 16.6. The predicted octanol–water partition coefficient (Wildman–Crippen LogP) is 3.29. The maximum atomic E-state index is 11.8. The molecular weight excluding hydrogens is 244 g/mol. The van der Waals surface area contributed by atoms with E-state index in [2.05, 4.69) is 10.3 Å². The van der Waals surface area contributed by atoms with Gasteiger partial charge in [0.15, 0.2) is 0 Å². The van der Waals surface area contributed by atoms with Gasteiger partial charge in [-0.3, -0.25) is 10.3 Å². The van der Waals surface area contributed by atoms with Gasteiger partial charge >= 0.3 is 6.09 Å². The number of amides is 1. The zero-order chi connectivity index (χ0) is 14.0. The minimum atomic E-state index is -0.624. The molecule has 0 saturated heterocycles. The summed E-state index contributed by atoms with van der Waals surface area (Å²) in [4.78, 5) is 15.9. The number of nitrogens with zero attached hydrogens (tertiary/aromatic N) is 1. The van der Waals surface area contributed by atoms with Crippen LogP contribution in [0.15, 0.2) is 30.5 Å². The Morgan fingerprint density at radius 1 is 1.32 bits per heavy atom. The first kappa shape index (κ1) is 13.1. The maximum absolute atomic E-state index is 11.8. The molecule has 1 amide bonds. The number of fused-ring (bicyclic) bond motifs is 1. The maximum Gasteiger partial charge on any atom is 0.412 e. The van der Waals surface area contributed by atoms with Crippen LogP contribution in [-0.4, -0.2) is 21.8 Å². The van der Waals surface area contributed by atoms with Crippen LogP contribution in [0.4, 0.5) is 10.5 Å². The van der Waals surface area contributed by atoms with Gasteiger partial charge in [-0.05, 0) is 39.0 Å². The van der Waals surface area contributed by atoms with Crippen molar-refractivity contribution in [2.45, 2.75) is 26.4 Å². The Morgan fingerprint density at radius 2 is 2.05 bits per heavy atom. The standard InChI is InChI=1S/C14H16N2O3/c1-14(2,3)19-13(18)16-12-10(17)7-6-9-5-4-8-15-11(9)12/h4-8,17H,1-3H3,(H,16,18). The third-order valence-corrected chi connectivity index (χ3v) is 2.38. The lowest BCUT2D eigenvalue weighted by Gasteiger charge is -2.20. The van der Waals surface area contributed by atoms with Gasteiger partial charge in [0.1, 0.15) is 17.0 Å². The molecule has 2 N–H and O–H groups in total. The highest BCUT2D eigenvalue weighted by Gasteiger charge is 2.18. The fourth-order valence-corrected chi connectivity index (χ4v) is 1.66. The normalized spacial score (nSPS) is 11.3. The number of hydrogen-bond donors (Lipinski definition) is 2. The number of hydrogen-bond acceptors (Lipinski definition) is 4. The lowest BCUT2D eigenvalue weighted by atomic mass is 10.2. The summed E-state index contributed by atoms with van der Waals surface area (Å²) in [6.45, 7) is 5.31. The number of carbonyl (C=O) groups excluding carboxylic acids is 1. The summed E-state index contributed by atoms with van der Waals surface area (Å²) < 4.78 is 5.16. The van der Waals surface area contributed by atoms with Crippen LogP contribution in [-0.2, 0) is 4.74 Å². The second kappa shape index (κ2) is 4.76. The molecule has 0 fully saturated rings. The Labute approximate surface area is 111 Å². The van der Waals surface area contributed by atoms with Crippen LogP contribution in [0, 0.1) is 0 Å². The first-order chi connectivity index (χ1) is 8.87. The summed E-state index contributed by atoms with van der Waals surface area (Å²) >= 11 is 0. The number of pyridine rings is 1. The number of ether oxygens (including phenoxy) is 1. The van der Waals surface area contributed by atoms with Crippen LogP contribution < -0.4 is 5.32 Å². The van der Waals surface area contributed by atoms with Crippen LogP contribution >= 0.6 is 0 Å². The topological polar surface area (TPSA) is 71.5 Å². The van der Waals surface area contributed by atoms with E-state index in [1.54, 1.807) is 39.1 Å². The molecule has 0 aliphatic heterocycles. The van der Waals surface area contributed by atoms with Crippen LogP contribution in [0.5, 0.6) is 5.75 Å². The van der Waals surface area contributed by atoms with E-state index in [4.69, 9.17) is 4.74 Å². The molecule has 2 rings (SSSR count). The van der Waals surface area contributed by atoms with E-state index >= 15 is 0 Å². The molecule has 1 aromatic carbocycles. The van der Waals surface area contributed by atoms with Crippen LogP contribution in [0.2, 0.25) is 0 Å². The van der Waals surface area contributed by atoms with Gasteiger partial charge < -0.3 is 9.84 Å². The first-order valence-electron chi connectivity index (χ1n) is 5.93. The average Bonchev–Trinajstić information content (AvgIpc) is 2.31. The lowest BCUT2D eigenvalue weighted by molar-refractivity contribution is 0.0635. The van der Waals surface area contributed by atoms with E-state index in [0.717, 1.165) is 5.39 Å². The van der Waals surface area contributed by atoms with Crippen molar-refractivity contribution in [2.75, 3.05) is 5.32 Å². The predicted molar refractivity (Wildman–Crippen MR) is 73.3 cm³/mol. The molecular formula is C14H16N2O3. The van der Waals surface area contributed by atoms with Crippen LogP contribution in [0.1, 0.15) is 20.8 Å². The molecule has 0 bridgehead atoms. The molecule has 19 heavy (non-hydrogen) atoms. The third-order valence-electron chi connectivity index (χ3n) is 2.38. The van der Waals surface area contributed by atoms with Gasteiger partial charge in [0.25, 0.3) is 0 Å². The van der Waals surface area contributed by atoms with E-state index < -0.39 is 11.7 Å². The molecule has 5 heteroatoms. The van der Waals surface area contributed by atoms with Gasteiger partial charge in [-0.2, -0.15) is 0 Å². The molecule has 0 atom stereocenters. The molecule has 0 saturated carbocycles. The van der Waals surface area contributed by atoms with Gasteiger partial charge in [-0.25, -0.2) is 4.79 Å². The number of aromatic hydroxyl groups is 1. The second-order valence-corrected chi connectivity index (χ2v) is 5.16. The Bertz CT molecular complexity index is 618. The van der Waals surface area contributed by atoms with Gasteiger partial charge in [-0.1, -0.05) is 6.07 Å². The summed E-state index contributed by atoms with van der Waals surface area (Å²) in [5.41, 5.74) is 0.179. The number of rotatable bonds is 1. The van der Waals surface area contributed by atoms with Crippen molar-refractivity contribution in [3.63, 3.8) is 0 Å². The monoisotopic (exact) mass is 260 g/mol. The molecule has 0 radical (unpaired) electrons. The second-order valence-electron chi connectivity index (χ2n) is 5.16. The molecule has 1 heterocycles. The van der Waals surface area contributed by atoms with E-state index in [-0.39, 0.29) is 11.4 Å². The van der Waals surface area contributed by atoms with E-state index in [1.165, 1.54) is 6.07 Å². The Kier molecular flexibility index (Phi) is 3.29. The zero-order valence-electron chi connectivity index (χ0n) is 11.1. The fourth-order valence-electron chi connectivity index (χ4n) is 1.66. The smallest absolute Gasteiger partial charge is 0.412 e. The summed E-state index contributed by atoms with van der Waals surface area (Å²) in [6.07, 6.45) is 0.975. The SMILES string of the molecule is CC(C)(C)OC(=O)Nc1c(O)ccc2cccnc12. The number of phenols is 1. The van der Waals surface area contributed by atoms with Crippen molar-refractivity contribution in [3.8, 4) is 5.75 Å². The molecule has 0 spiro atoms. The van der Waals surface area contributed by atoms with Crippen LogP contribution in [0.25, 0.3) is 10.9 Å². The molecule has 0 unspecified atom stereocenters. The number of aromatic nitrogens is 1. The summed E-state index contributed by atoms with van der Waals surface area (Å²) in [5, 5.41) is 13.2. The van der Waals surface area contributed by atoms with Crippen molar-refractivity contribution in [3.05, 3.63) is 30.5 Å². The molecule has 5 nitrogen and oxygen atoms in total. The van der Waals surface area contributed by atoms with Crippen molar-refractivity contribution >= 4 is 22.7 Å². The number of carbonyl (C=O) groups is 1. The highest BCUT2D eigenvalue weighted by Crippen LogP contribution is 2.31. The van der Waals surface area contributed by atoms with E-state index in [0.29, 0.717) is 5.52 Å². The third kappa shape index (κ3) is 3.13. The van der Waals surface area contributed by atoms with Crippen molar-refractivity contribution in [1.29, 1.82) is 0 Å². The van der Waals surface area contributed by atoms with Gasteiger partial charge in [0, 0.05) is 11.6 Å². The number of anilines is 1. The molecule has 1 aromatic heterocycles. The summed E-state index contributed by atoms with van der Waals surface area (Å²) in [6, 6.07) is 6.88. The van der Waals surface area contributed by atoms with Gasteiger partial charge in [0.05, 0.1) is 5.52 Å². The Morgan fingerprint density at radius 3 is 2.74 bits per heavy atom. The Balaban J connectivity index is 2.34. The average molecular weight is 260 g/mol. The number of benzene rings is 1. The van der Waals surface area contributed by atoms with E-state index in [1.807, 2.05) is 6.07 Å². The largest absolute Gasteiger partial charge is 0.506 e. The summed E-state index contributed by atoms with van der Waals surface area (Å²) in [5.74, 6) is -0.0444. The quantitative estimate of drug-likeness (QED) is 0.772. The highest BCUT2D eigenvalue weighted by molar-refractivity contribution is 6.00.